The maximum absolute atomic E-state index is 12.6. The van der Waals surface area contributed by atoms with Gasteiger partial charge in [-0.2, -0.15) is 4.98 Å². The number of amides is 1. The molecule has 1 N–H and O–H groups in total. The minimum atomic E-state index is -0.264. The Labute approximate surface area is 144 Å². The molecule has 0 radical (unpaired) electrons. The molecule has 7 nitrogen and oxygen atoms in total. The number of aromatic nitrogens is 4. The third kappa shape index (κ3) is 2.56. The smallest absolute Gasteiger partial charge is 0.274 e. The van der Waals surface area contributed by atoms with Crippen LogP contribution in [0.25, 0.3) is 17.0 Å². The maximum atomic E-state index is 12.6. The van der Waals surface area contributed by atoms with E-state index in [1.54, 1.807) is 22.9 Å². The molecule has 1 amide bonds. The van der Waals surface area contributed by atoms with Crippen LogP contribution in [0.1, 0.15) is 10.5 Å². The highest BCUT2D eigenvalue weighted by molar-refractivity contribution is 9.10. The lowest BCUT2D eigenvalue weighted by Gasteiger charge is -2.08. The third-order valence-corrected chi connectivity index (χ3v) is 4.18. The molecule has 0 saturated heterocycles. The topological polar surface area (TPSA) is 85.3 Å². The average molecular weight is 384 g/mol. The molecule has 0 atom stereocenters. The molecule has 8 heteroatoms. The van der Waals surface area contributed by atoms with E-state index in [0.29, 0.717) is 22.9 Å². The van der Waals surface area contributed by atoms with Crippen LogP contribution in [0, 0.1) is 0 Å². The van der Waals surface area contributed by atoms with E-state index >= 15 is 0 Å². The molecule has 3 heterocycles. The number of benzene rings is 1. The lowest BCUT2D eigenvalue weighted by molar-refractivity contribution is 0.102. The third-order valence-electron chi connectivity index (χ3n) is 3.48. The van der Waals surface area contributed by atoms with Crippen LogP contribution in [0.4, 0.5) is 5.69 Å². The first-order valence-electron chi connectivity index (χ1n) is 7.02. The minimum absolute atomic E-state index is 0.264. The second-order valence-corrected chi connectivity index (χ2v) is 5.83. The fourth-order valence-electron chi connectivity index (χ4n) is 2.34. The first-order chi connectivity index (χ1) is 11.7. The second kappa shape index (κ2) is 5.89. The molecule has 24 heavy (non-hydrogen) atoms. The van der Waals surface area contributed by atoms with Gasteiger partial charge in [-0.25, -0.2) is 4.98 Å². The molecular weight excluding hydrogens is 374 g/mol. The summed E-state index contributed by atoms with van der Waals surface area (Å²) in [7, 11) is 0. The van der Waals surface area contributed by atoms with Crippen LogP contribution in [-0.2, 0) is 0 Å². The number of rotatable bonds is 3. The summed E-state index contributed by atoms with van der Waals surface area (Å²) in [4.78, 5) is 20.8. The lowest BCUT2D eigenvalue weighted by Crippen LogP contribution is -2.14. The Morgan fingerprint density at radius 2 is 2.12 bits per heavy atom. The minimum Gasteiger partial charge on any atom is -0.342 e. The molecule has 3 aromatic heterocycles. The fourth-order valence-corrected chi connectivity index (χ4v) is 2.69. The van der Waals surface area contributed by atoms with Gasteiger partial charge in [0.15, 0.2) is 0 Å². The summed E-state index contributed by atoms with van der Waals surface area (Å²) in [6.07, 6.45) is 4.59. The average Bonchev–Trinajstić information content (AvgIpc) is 3.26. The number of carbonyl (C=O) groups excluding carboxylic acids is 1. The van der Waals surface area contributed by atoms with Gasteiger partial charge in [-0.05, 0) is 46.3 Å². The van der Waals surface area contributed by atoms with Crippen molar-refractivity contribution in [3.8, 4) is 11.4 Å². The fraction of sp³-hybridized carbons (Fsp3) is 0. The van der Waals surface area contributed by atoms with E-state index < -0.39 is 0 Å². The molecule has 0 bridgehead atoms. The van der Waals surface area contributed by atoms with Crippen molar-refractivity contribution in [3.05, 3.63) is 65.4 Å². The standard InChI is InChI=1S/C16H10BrN5O2/c17-11-5-4-10(15-19-9-24-21-15)7-12(11)20-16(23)13-8-18-14-3-1-2-6-22(13)14/h1-9H,(H,20,23). The highest BCUT2D eigenvalue weighted by atomic mass is 79.9. The van der Waals surface area contributed by atoms with E-state index in [1.165, 1.54) is 6.39 Å². The predicted octanol–water partition coefficient (Wildman–Crippen LogP) is 3.40. The first kappa shape index (κ1) is 14.6. The number of halogens is 1. The summed E-state index contributed by atoms with van der Waals surface area (Å²) >= 11 is 3.43. The van der Waals surface area contributed by atoms with Crippen molar-refractivity contribution >= 4 is 33.2 Å². The molecule has 1 aromatic carbocycles. The Morgan fingerprint density at radius 1 is 1.21 bits per heavy atom. The largest absolute Gasteiger partial charge is 0.342 e. The molecule has 0 spiro atoms. The summed E-state index contributed by atoms with van der Waals surface area (Å²) in [5.74, 6) is 0.187. The number of hydrogen-bond donors (Lipinski definition) is 1. The van der Waals surface area contributed by atoms with E-state index in [1.807, 2.05) is 30.3 Å². The Balaban J connectivity index is 1.67. The molecule has 0 fully saturated rings. The van der Waals surface area contributed by atoms with Crippen molar-refractivity contribution < 1.29 is 9.32 Å². The first-order valence-corrected chi connectivity index (χ1v) is 7.81. The van der Waals surface area contributed by atoms with Crippen LogP contribution in [-0.4, -0.2) is 25.4 Å². The van der Waals surface area contributed by atoms with Gasteiger partial charge in [0, 0.05) is 16.2 Å². The van der Waals surface area contributed by atoms with Crippen LogP contribution >= 0.6 is 15.9 Å². The van der Waals surface area contributed by atoms with Crippen molar-refractivity contribution in [2.75, 3.05) is 5.32 Å². The molecule has 0 aliphatic rings. The zero-order chi connectivity index (χ0) is 16.5. The molecule has 0 saturated carbocycles. The lowest BCUT2D eigenvalue weighted by atomic mass is 10.2. The Hall–Kier alpha value is -3.00. The summed E-state index contributed by atoms with van der Waals surface area (Å²) in [5, 5.41) is 6.67. The highest BCUT2D eigenvalue weighted by Crippen LogP contribution is 2.28. The van der Waals surface area contributed by atoms with Gasteiger partial charge in [0.1, 0.15) is 11.3 Å². The molecule has 0 aliphatic heterocycles. The van der Waals surface area contributed by atoms with Gasteiger partial charge in [0.25, 0.3) is 5.91 Å². The van der Waals surface area contributed by atoms with E-state index in [-0.39, 0.29) is 5.91 Å². The van der Waals surface area contributed by atoms with Crippen molar-refractivity contribution in [1.82, 2.24) is 19.5 Å². The number of nitrogens with one attached hydrogen (secondary N) is 1. The zero-order valence-corrected chi connectivity index (χ0v) is 13.8. The number of pyridine rings is 1. The maximum Gasteiger partial charge on any atom is 0.274 e. The summed E-state index contributed by atoms with van der Waals surface area (Å²) in [6.45, 7) is 0. The van der Waals surface area contributed by atoms with Gasteiger partial charge in [-0.1, -0.05) is 11.2 Å². The van der Waals surface area contributed by atoms with Gasteiger partial charge in [-0.15, -0.1) is 0 Å². The summed E-state index contributed by atoms with van der Waals surface area (Å²) in [5.41, 5.74) is 2.50. The Morgan fingerprint density at radius 3 is 2.96 bits per heavy atom. The quantitative estimate of drug-likeness (QED) is 0.585. The molecular formula is C16H10BrN5O2. The normalized spacial score (nSPS) is 10.9. The van der Waals surface area contributed by atoms with Crippen LogP contribution in [0.15, 0.2) is 64.2 Å². The van der Waals surface area contributed by atoms with Crippen molar-refractivity contribution in [1.29, 1.82) is 0 Å². The number of hydrogen-bond acceptors (Lipinski definition) is 5. The summed E-state index contributed by atoms with van der Waals surface area (Å²) < 4.78 is 7.23. The molecule has 0 aliphatic carbocycles. The van der Waals surface area contributed by atoms with Gasteiger partial charge in [0.05, 0.1) is 11.9 Å². The predicted molar refractivity (Wildman–Crippen MR) is 90.6 cm³/mol. The Kier molecular flexibility index (Phi) is 3.58. The van der Waals surface area contributed by atoms with Crippen molar-refractivity contribution in [3.63, 3.8) is 0 Å². The Bertz CT molecular complexity index is 1030. The van der Waals surface area contributed by atoms with E-state index in [2.05, 4.69) is 36.4 Å². The van der Waals surface area contributed by atoms with Crippen LogP contribution < -0.4 is 5.32 Å². The molecule has 0 unspecified atom stereocenters. The number of imidazole rings is 1. The SMILES string of the molecule is O=C(Nc1cc(-c2ncon2)ccc1Br)c1cnc2ccccn12. The highest BCUT2D eigenvalue weighted by Gasteiger charge is 2.14. The molecule has 4 aromatic rings. The molecule has 4 rings (SSSR count). The van der Waals surface area contributed by atoms with Gasteiger partial charge in [0.2, 0.25) is 12.2 Å². The van der Waals surface area contributed by atoms with Crippen LogP contribution in [0.2, 0.25) is 0 Å². The summed E-state index contributed by atoms with van der Waals surface area (Å²) in [6, 6.07) is 11.0. The van der Waals surface area contributed by atoms with Gasteiger partial charge >= 0.3 is 0 Å². The van der Waals surface area contributed by atoms with Crippen LogP contribution in [0.3, 0.4) is 0 Å². The van der Waals surface area contributed by atoms with Crippen molar-refractivity contribution in [2.45, 2.75) is 0 Å². The second-order valence-electron chi connectivity index (χ2n) is 4.98. The van der Waals surface area contributed by atoms with E-state index in [9.17, 15) is 4.79 Å². The van der Waals surface area contributed by atoms with E-state index in [0.717, 1.165) is 10.0 Å². The van der Waals surface area contributed by atoms with Crippen molar-refractivity contribution in [2.24, 2.45) is 0 Å². The van der Waals surface area contributed by atoms with Gasteiger partial charge < -0.3 is 9.84 Å². The number of anilines is 1. The molecule has 118 valence electrons. The monoisotopic (exact) mass is 383 g/mol. The van der Waals surface area contributed by atoms with Crippen LogP contribution in [0.5, 0.6) is 0 Å². The number of fused-ring (bicyclic) bond motifs is 1. The number of carbonyl (C=O) groups is 1. The van der Waals surface area contributed by atoms with E-state index in [4.69, 9.17) is 4.52 Å². The van der Waals surface area contributed by atoms with Gasteiger partial charge in [-0.3, -0.25) is 9.20 Å². The number of nitrogens with zero attached hydrogens (tertiary/aromatic N) is 4. The zero-order valence-electron chi connectivity index (χ0n) is 12.2.